The number of hydrogen-bond donors (Lipinski definition) is 1. The van der Waals surface area contributed by atoms with Crippen molar-refractivity contribution in [3.8, 4) is 0 Å². The maximum Gasteiger partial charge on any atom is 0.227 e. The normalized spacial score (nSPS) is 10.8. The van der Waals surface area contributed by atoms with Crippen LogP contribution in [0, 0.1) is 0 Å². The number of halogens is 1. The van der Waals surface area contributed by atoms with Gasteiger partial charge < -0.3 is 10.6 Å². The quantitative estimate of drug-likeness (QED) is 0.823. The Hall–Kier alpha value is -2.00. The third kappa shape index (κ3) is 5.00. The van der Waals surface area contributed by atoms with Gasteiger partial charge in [0.25, 0.3) is 0 Å². The highest BCUT2D eigenvalue weighted by Gasteiger charge is 2.15. The van der Waals surface area contributed by atoms with Gasteiger partial charge in [0.2, 0.25) is 5.91 Å². The first kappa shape index (κ1) is 20.0. The number of benzene rings is 2. The molecular formula is C20H27ClN2O. The number of rotatable bonds is 4. The molecule has 0 saturated heterocycles. The third-order valence-corrected chi connectivity index (χ3v) is 4.16. The number of aryl methyl sites for hydroxylation is 1. The number of carbonyl (C=O) groups is 1. The van der Waals surface area contributed by atoms with Gasteiger partial charge in [-0.05, 0) is 41.2 Å². The maximum absolute atomic E-state index is 12.4. The van der Waals surface area contributed by atoms with Crippen LogP contribution < -0.4 is 10.6 Å². The highest BCUT2D eigenvalue weighted by Crippen LogP contribution is 2.25. The zero-order valence-corrected chi connectivity index (χ0v) is 15.7. The summed E-state index contributed by atoms with van der Waals surface area (Å²) in [5.74, 6) is 0.0942. The van der Waals surface area contributed by atoms with Gasteiger partial charge in [-0.25, -0.2) is 0 Å². The molecule has 0 bridgehead atoms. The first-order valence-corrected chi connectivity index (χ1v) is 7.99. The average molecular weight is 347 g/mol. The minimum Gasteiger partial charge on any atom is -0.399 e. The van der Waals surface area contributed by atoms with Crippen LogP contribution in [-0.4, -0.2) is 13.0 Å². The summed E-state index contributed by atoms with van der Waals surface area (Å²) in [6.45, 7) is 6.55. The summed E-state index contributed by atoms with van der Waals surface area (Å²) < 4.78 is 0. The molecule has 0 saturated carbocycles. The second-order valence-electron chi connectivity index (χ2n) is 6.95. The van der Waals surface area contributed by atoms with Crippen molar-refractivity contribution in [2.45, 2.75) is 39.0 Å². The Morgan fingerprint density at radius 3 is 2.17 bits per heavy atom. The molecule has 0 aliphatic rings. The van der Waals surface area contributed by atoms with Gasteiger partial charge >= 0.3 is 0 Å². The van der Waals surface area contributed by atoms with E-state index in [4.69, 9.17) is 5.73 Å². The lowest BCUT2D eigenvalue weighted by molar-refractivity contribution is -0.118. The van der Waals surface area contributed by atoms with Gasteiger partial charge in [-0.15, -0.1) is 12.4 Å². The van der Waals surface area contributed by atoms with Crippen molar-refractivity contribution < 1.29 is 4.79 Å². The molecule has 2 rings (SSSR count). The second kappa shape index (κ2) is 8.20. The maximum atomic E-state index is 12.4. The Labute approximate surface area is 151 Å². The van der Waals surface area contributed by atoms with E-state index in [0.717, 1.165) is 16.9 Å². The SMILES string of the molecule is CN(C(=O)CCc1ccccc1N)c1ccc(C(C)(C)C)cc1.Cl. The molecule has 0 aromatic heterocycles. The molecule has 2 aromatic rings. The fraction of sp³-hybridized carbons (Fsp3) is 0.350. The van der Waals surface area contributed by atoms with Crippen LogP contribution >= 0.6 is 12.4 Å². The van der Waals surface area contributed by atoms with Crippen LogP contribution in [0.1, 0.15) is 38.3 Å². The fourth-order valence-electron chi connectivity index (χ4n) is 2.50. The number of nitrogens with two attached hydrogens (primary N) is 1. The zero-order valence-electron chi connectivity index (χ0n) is 14.9. The van der Waals surface area contributed by atoms with E-state index in [0.29, 0.717) is 12.8 Å². The molecule has 0 aliphatic heterocycles. The summed E-state index contributed by atoms with van der Waals surface area (Å²) in [4.78, 5) is 14.1. The molecule has 2 aromatic carbocycles. The summed E-state index contributed by atoms with van der Waals surface area (Å²) in [7, 11) is 1.82. The largest absolute Gasteiger partial charge is 0.399 e. The number of anilines is 2. The molecule has 24 heavy (non-hydrogen) atoms. The first-order chi connectivity index (χ1) is 10.8. The van der Waals surface area contributed by atoms with Crippen molar-refractivity contribution in [2.24, 2.45) is 0 Å². The summed E-state index contributed by atoms with van der Waals surface area (Å²) in [6.07, 6.45) is 1.11. The van der Waals surface area contributed by atoms with Gasteiger partial charge in [0, 0.05) is 24.8 Å². The van der Waals surface area contributed by atoms with E-state index >= 15 is 0 Å². The predicted octanol–water partition coefficient (Wildman–Crippen LogP) is 4.58. The standard InChI is InChI=1S/C20H26N2O.ClH/c1-20(2,3)16-10-12-17(13-11-16)22(4)19(23)14-9-15-7-5-6-8-18(15)21;/h5-8,10-13H,9,14,21H2,1-4H3;1H. The molecule has 1 amide bonds. The molecule has 0 heterocycles. The summed E-state index contributed by atoms with van der Waals surface area (Å²) >= 11 is 0. The summed E-state index contributed by atoms with van der Waals surface area (Å²) in [5, 5.41) is 0. The third-order valence-electron chi connectivity index (χ3n) is 4.16. The van der Waals surface area contributed by atoms with Crippen molar-refractivity contribution in [3.63, 3.8) is 0 Å². The van der Waals surface area contributed by atoms with Gasteiger partial charge in [0.1, 0.15) is 0 Å². The molecule has 0 radical (unpaired) electrons. The molecular weight excluding hydrogens is 320 g/mol. The molecule has 0 aliphatic carbocycles. The number of carbonyl (C=O) groups excluding carboxylic acids is 1. The highest BCUT2D eigenvalue weighted by atomic mass is 35.5. The van der Waals surface area contributed by atoms with Gasteiger partial charge in [0.05, 0.1) is 0 Å². The molecule has 130 valence electrons. The lowest BCUT2D eigenvalue weighted by atomic mass is 9.87. The smallest absolute Gasteiger partial charge is 0.227 e. The van der Waals surface area contributed by atoms with Crippen LogP contribution in [0.25, 0.3) is 0 Å². The Kier molecular flexibility index (Phi) is 6.85. The van der Waals surface area contributed by atoms with E-state index in [2.05, 4.69) is 32.9 Å². The van der Waals surface area contributed by atoms with E-state index in [1.165, 1.54) is 5.56 Å². The average Bonchev–Trinajstić information content (AvgIpc) is 2.52. The Balaban J connectivity index is 0.00000288. The Morgan fingerprint density at radius 2 is 1.62 bits per heavy atom. The van der Waals surface area contributed by atoms with Crippen molar-refractivity contribution in [3.05, 3.63) is 59.7 Å². The van der Waals surface area contributed by atoms with Gasteiger partial charge in [0.15, 0.2) is 0 Å². The minimum absolute atomic E-state index is 0. The van der Waals surface area contributed by atoms with Gasteiger partial charge in [-0.3, -0.25) is 4.79 Å². The number of amides is 1. The number of hydrogen-bond acceptors (Lipinski definition) is 2. The van der Waals surface area contributed by atoms with Crippen LogP contribution in [-0.2, 0) is 16.6 Å². The van der Waals surface area contributed by atoms with Gasteiger partial charge in [-0.1, -0.05) is 51.1 Å². The second-order valence-corrected chi connectivity index (χ2v) is 6.95. The van der Waals surface area contributed by atoms with Crippen molar-refractivity contribution in [1.82, 2.24) is 0 Å². The van der Waals surface area contributed by atoms with E-state index in [9.17, 15) is 4.79 Å². The van der Waals surface area contributed by atoms with E-state index < -0.39 is 0 Å². The van der Waals surface area contributed by atoms with Gasteiger partial charge in [-0.2, -0.15) is 0 Å². The minimum atomic E-state index is 0. The molecule has 0 spiro atoms. The first-order valence-electron chi connectivity index (χ1n) is 7.99. The summed E-state index contributed by atoms with van der Waals surface area (Å²) in [5.41, 5.74) is 10.00. The molecule has 0 atom stereocenters. The monoisotopic (exact) mass is 346 g/mol. The van der Waals surface area contributed by atoms with Crippen molar-refractivity contribution in [1.29, 1.82) is 0 Å². The number of para-hydroxylation sites is 1. The van der Waals surface area contributed by atoms with Crippen molar-refractivity contribution >= 4 is 29.7 Å². The molecule has 4 heteroatoms. The van der Waals surface area contributed by atoms with Crippen LogP contribution in [0.4, 0.5) is 11.4 Å². The fourth-order valence-corrected chi connectivity index (χ4v) is 2.50. The highest BCUT2D eigenvalue weighted by molar-refractivity contribution is 5.93. The molecule has 0 unspecified atom stereocenters. The van der Waals surface area contributed by atoms with Crippen LogP contribution in [0.2, 0.25) is 0 Å². The van der Waals surface area contributed by atoms with Crippen LogP contribution in [0.15, 0.2) is 48.5 Å². The van der Waals surface area contributed by atoms with E-state index in [1.54, 1.807) is 4.90 Å². The topological polar surface area (TPSA) is 46.3 Å². The Bertz CT molecular complexity index is 675. The van der Waals surface area contributed by atoms with E-state index in [1.807, 2.05) is 43.4 Å². The van der Waals surface area contributed by atoms with Crippen LogP contribution in [0.5, 0.6) is 0 Å². The lowest BCUT2D eigenvalue weighted by Gasteiger charge is -2.22. The lowest BCUT2D eigenvalue weighted by Crippen LogP contribution is -2.26. The summed E-state index contributed by atoms with van der Waals surface area (Å²) in [6, 6.07) is 15.9. The predicted molar refractivity (Wildman–Crippen MR) is 105 cm³/mol. The zero-order chi connectivity index (χ0) is 17.0. The number of nitrogens with zero attached hydrogens (tertiary/aromatic N) is 1. The van der Waals surface area contributed by atoms with Crippen molar-refractivity contribution in [2.75, 3.05) is 17.7 Å². The number of nitrogen functional groups attached to an aromatic ring is 1. The Morgan fingerprint density at radius 1 is 1.04 bits per heavy atom. The van der Waals surface area contributed by atoms with E-state index in [-0.39, 0.29) is 23.7 Å². The van der Waals surface area contributed by atoms with Crippen LogP contribution in [0.3, 0.4) is 0 Å². The molecule has 2 N–H and O–H groups in total. The molecule has 0 fully saturated rings. The molecule has 3 nitrogen and oxygen atoms in total.